The third kappa shape index (κ3) is 3.65. The van der Waals surface area contributed by atoms with Crippen LogP contribution in [0.4, 0.5) is 5.82 Å². The van der Waals surface area contributed by atoms with Crippen molar-refractivity contribution in [3.63, 3.8) is 0 Å². The molecule has 0 N–H and O–H groups in total. The van der Waals surface area contributed by atoms with Crippen molar-refractivity contribution in [2.75, 3.05) is 38.3 Å². The molecular weight excluding hydrogens is 387 g/mol. The van der Waals surface area contributed by atoms with Crippen molar-refractivity contribution in [3.8, 4) is 5.75 Å². The van der Waals surface area contributed by atoms with E-state index in [0.29, 0.717) is 29.7 Å². The maximum atomic E-state index is 6.29. The SMILES string of the molecule is COc1ccc2c(Cc3c(Cl)cncc3Cl)nnc(N3CCOCC3)c2c1. The van der Waals surface area contributed by atoms with Crippen LogP contribution >= 0.6 is 23.2 Å². The van der Waals surface area contributed by atoms with Gasteiger partial charge in [-0.15, -0.1) is 5.10 Å². The zero-order valence-electron chi connectivity index (χ0n) is 14.8. The molecule has 2 aromatic heterocycles. The van der Waals surface area contributed by atoms with Gasteiger partial charge >= 0.3 is 0 Å². The van der Waals surface area contributed by atoms with Gasteiger partial charge < -0.3 is 14.4 Å². The Morgan fingerprint density at radius 3 is 2.52 bits per heavy atom. The second kappa shape index (κ2) is 7.84. The molecule has 27 heavy (non-hydrogen) atoms. The number of rotatable bonds is 4. The fraction of sp³-hybridized carbons (Fsp3) is 0.316. The second-order valence-corrected chi connectivity index (χ2v) is 7.05. The van der Waals surface area contributed by atoms with Crippen LogP contribution < -0.4 is 9.64 Å². The van der Waals surface area contributed by atoms with E-state index in [1.165, 1.54) is 0 Å². The van der Waals surface area contributed by atoms with Gasteiger partial charge in [0.1, 0.15) is 5.75 Å². The lowest BCUT2D eigenvalue weighted by Gasteiger charge is -2.28. The number of ether oxygens (including phenoxy) is 2. The molecule has 0 amide bonds. The molecule has 1 aromatic carbocycles. The second-order valence-electron chi connectivity index (χ2n) is 6.24. The number of hydrogen-bond donors (Lipinski definition) is 0. The van der Waals surface area contributed by atoms with E-state index in [9.17, 15) is 0 Å². The van der Waals surface area contributed by atoms with E-state index >= 15 is 0 Å². The number of methoxy groups -OCH3 is 1. The highest BCUT2D eigenvalue weighted by atomic mass is 35.5. The third-order valence-corrected chi connectivity index (χ3v) is 5.30. The fourth-order valence-corrected chi connectivity index (χ4v) is 3.71. The van der Waals surface area contributed by atoms with Crippen LogP contribution in [-0.2, 0) is 11.2 Å². The number of anilines is 1. The largest absolute Gasteiger partial charge is 0.497 e. The zero-order valence-corrected chi connectivity index (χ0v) is 16.3. The summed E-state index contributed by atoms with van der Waals surface area (Å²) >= 11 is 12.6. The molecule has 0 radical (unpaired) electrons. The van der Waals surface area contributed by atoms with Gasteiger partial charge in [0, 0.05) is 42.7 Å². The van der Waals surface area contributed by atoms with Gasteiger partial charge in [0.2, 0.25) is 0 Å². The Morgan fingerprint density at radius 1 is 1.07 bits per heavy atom. The molecular formula is C19H18Cl2N4O2. The number of pyridine rings is 1. The molecule has 3 aromatic rings. The van der Waals surface area contributed by atoms with Gasteiger partial charge in [-0.3, -0.25) is 4.98 Å². The van der Waals surface area contributed by atoms with E-state index in [0.717, 1.165) is 46.7 Å². The average molecular weight is 405 g/mol. The molecule has 0 aliphatic carbocycles. The molecule has 3 heterocycles. The van der Waals surface area contributed by atoms with Crippen LogP contribution in [0.1, 0.15) is 11.3 Å². The van der Waals surface area contributed by atoms with E-state index in [2.05, 4.69) is 20.1 Å². The average Bonchev–Trinajstić information content (AvgIpc) is 2.71. The summed E-state index contributed by atoms with van der Waals surface area (Å²) in [4.78, 5) is 6.20. The highest BCUT2D eigenvalue weighted by Gasteiger charge is 2.19. The Bertz CT molecular complexity index is 957. The zero-order chi connectivity index (χ0) is 18.8. The third-order valence-electron chi connectivity index (χ3n) is 4.65. The van der Waals surface area contributed by atoms with Crippen molar-refractivity contribution < 1.29 is 9.47 Å². The van der Waals surface area contributed by atoms with Gasteiger partial charge in [0.05, 0.1) is 36.1 Å². The number of halogens is 2. The van der Waals surface area contributed by atoms with Crippen molar-refractivity contribution >= 4 is 39.8 Å². The van der Waals surface area contributed by atoms with Crippen LogP contribution in [0.3, 0.4) is 0 Å². The van der Waals surface area contributed by atoms with E-state index in [4.69, 9.17) is 32.7 Å². The van der Waals surface area contributed by atoms with Crippen molar-refractivity contribution in [1.29, 1.82) is 0 Å². The first-order valence-electron chi connectivity index (χ1n) is 8.61. The topological polar surface area (TPSA) is 60.4 Å². The molecule has 0 saturated carbocycles. The lowest BCUT2D eigenvalue weighted by molar-refractivity contribution is 0.122. The molecule has 140 valence electrons. The first kappa shape index (κ1) is 18.2. The summed E-state index contributed by atoms with van der Waals surface area (Å²) in [6, 6.07) is 5.92. The van der Waals surface area contributed by atoms with Crippen LogP contribution in [0.2, 0.25) is 10.0 Å². The molecule has 0 unspecified atom stereocenters. The minimum Gasteiger partial charge on any atom is -0.497 e. The molecule has 0 spiro atoms. The molecule has 1 saturated heterocycles. The minimum absolute atomic E-state index is 0.472. The summed E-state index contributed by atoms with van der Waals surface area (Å²) in [6.45, 7) is 2.92. The summed E-state index contributed by atoms with van der Waals surface area (Å²) in [6.07, 6.45) is 3.65. The Hall–Kier alpha value is -2.15. The van der Waals surface area contributed by atoms with Crippen LogP contribution in [0.25, 0.3) is 10.8 Å². The summed E-state index contributed by atoms with van der Waals surface area (Å²) in [5, 5.41) is 12.0. The predicted molar refractivity (Wildman–Crippen MR) is 106 cm³/mol. The molecule has 4 rings (SSSR count). The first-order chi connectivity index (χ1) is 13.2. The first-order valence-corrected chi connectivity index (χ1v) is 9.37. The van der Waals surface area contributed by atoms with E-state index in [1.54, 1.807) is 19.5 Å². The summed E-state index contributed by atoms with van der Waals surface area (Å²) in [5.41, 5.74) is 1.60. The summed E-state index contributed by atoms with van der Waals surface area (Å²) in [7, 11) is 1.65. The van der Waals surface area contributed by atoms with Crippen molar-refractivity contribution in [2.45, 2.75) is 6.42 Å². The van der Waals surface area contributed by atoms with E-state index in [-0.39, 0.29) is 0 Å². The van der Waals surface area contributed by atoms with E-state index < -0.39 is 0 Å². The van der Waals surface area contributed by atoms with Crippen molar-refractivity contribution in [2.24, 2.45) is 0 Å². The lowest BCUT2D eigenvalue weighted by atomic mass is 10.0. The molecule has 1 aliphatic rings. The smallest absolute Gasteiger partial charge is 0.159 e. The van der Waals surface area contributed by atoms with Crippen molar-refractivity contribution in [1.82, 2.24) is 15.2 Å². The Kier molecular flexibility index (Phi) is 5.29. The maximum Gasteiger partial charge on any atom is 0.159 e. The molecule has 1 fully saturated rings. The standard InChI is InChI=1S/C19H18Cl2N4O2/c1-26-12-2-3-13-14(8-12)19(25-4-6-27-7-5-25)24-23-18(13)9-15-16(20)10-22-11-17(15)21/h2-3,8,10-11H,4-7,9H2,1H3. The number of benzene rings is 1. The van der Waals surface area contributed by atoms with Crippen LogP contribution in [0.5, 0.6) is 5.75 Å². The Balaban J connectivity index is 1.82. The minimum atomic E-state index is 0.472. The quantitative estimate of drug-likeness (QED) is 0.659. The van der Waals surface area contributed by atoms with E-state index in [1.807, 2.05) is 18.2 Å². The van der Waals surface area contributed by atoms with Gasteiger partial charge in [-0.1, -0.05) is 23.2 Å². The predicted octanol–water partition coefficient (Wildman–Crippen LogP) is 3.77. The number of aromatic nitrogens is 3. The van der Waals surface area contributed by atoms with Gasteiger partial charge in [0.25, 0.3) is 0 Å². The molecule has 0 atom stereocenters. The van der Waals surface area contributed by atoms with Gasteiger partial charge in [-0.25, -0.2) is 0 Å². The number of fused-ring (bicyclic) bond motifs is 1. The number of morpholine rings is 1. The monoisotopic (exact) mass is 404 g/mol. The van der Waals surface area contributed by atoms with Crippen molar-refractivity contribution in [3.05, 3.63) is 51.9 Å². The highest BCUT2D eigenvalue weighted by Crippen LogP contribution is 2.33. The highest BCUT2D eigenvalue weighted by molar-refractivity contribution is 6.35. The molecule has 6 nitrogen and oxygen atoms in total. The molecule has 1 aliphatic heterocycles. The van der Waals surface area contributed by atoms with Gasteiger partial charge in [-0.2, -0.15) is 5.10 Å². The van der Waals surface area contributed by atoms with Crippen LogP contribution in [-0.4, -0.2) is 48.6 Å². The lowest BCUT2D eigenvalue weighted by Crippen LogP contribution is -2.37. The Morgan fingerprint density at radius 2 is 1.81 bits per heavy atom. The molecule has 0 bridgehead atoms. The number of hydrogen-bond acceptors (Lipinski definition) is 6. The van der Waals surface area contributed by atoms with Gasteiger partial charge in [0.15, 0.2) is 5.82 Å². The number of nitrogens with zero attached hydrogens (tertiary/aromatic N) is 4. The maximum absolute atomic E-state index is 6.29. The summed E-state index contributed by atoms with van der Waals surface area (Å²) in [5.74, 6) is 1.61. The summed E-state index contributed by atoms with van der Waals surface area (Å²) < 4.78 is 10.9. The normalized spacial score (nSPS) is 14.6. The Labute approximate surface area is 167 Å². The molecule has 8 heteroatoms. The van der Waals surface area contributed by atoms with Crippen LogP contribution in [0, 0.1) is 0 Å². The van der Waals surface area contributed by atoms with Crippen LogP contribution in [0.15, 0.2) is 30.6 Å². The van der Waals surface area contributed by atoms with Gasteiger partial charge in [-0.05, 0) is 23.8 Å². The fourth-order valence-electron chi connectivity index (χ4n) is 3.22.